The maximum Gasteiger partial charge on any atom is 0.146 e. The Morgan fingerprint density at radius 1 is 1.47 bits per heavy atom. The van der Waals surface area contributed by atoms with Crippen LogP contribution in [0.25, 0.3) is 0 Å². The molecule has 0 aromatic carbocycles. The standard InChI is InChI=1S/C10H13BrN6/c1-7-4-16-17(5-7)3-2-13-10-8(11)9(12)14-6-15-10/h4-6H,2-3H2,1H3,(H3,12,13,14,15). The summed E-state index contributed by atoms with van der Waals surface area (Å²) in [6, 6.07) is 0. The average molecular weight is 297 g/mol. The lowest BCUT2D eigenvalue weighted by Gasteiger charge is -2.08. The van der Waals surface area contributed by atoms with E-state index in [9.17, 15) is 0 Å². The number of rotatable bonds is 4. The van der Waals surface area contributed by atoms with Crippen LogP contribution < -0.4 is 11.1 Å². The van der Waals surface area contributed by atoms with E-state index in [1.165, 1.54) is 6.33 Å². The van der Waals surface area contributed by atoms with Gasteiger partial charge < -0.3 is 11.1 Å². The van der Waals surface area contributed by atoms with Gasteiger partial charge in [0.05, 0.1) is 12.7 Å². The monoisotopic (exact) mass is 296 g/mol. The van der Waals surface area contributed by atoms with Crippen molar-refractivity contribution in [3.63, 3.8) is 0 Å². The topological polar surface area (TPSA) is 81.7 Å². The molecule has 17 heavy (non-hydrogen) atoms. The minimum Gasteiger partial charge on any atom is -0.383 e. The summed E-state index contributed by atoms with van der Waals surface area (Å²) in [6.07, 6.45) is 5.25. The number of nitrogens with two attached hydrogens (primary N) is 1. The highest BCUT2D eigenvalue weighted by Crippen LogP contribution is 2.23. The number of halogens is 1. The third kappa shape index (κ3) is 2.94. The van der Waals surface area contributed by atoms with Crippen molar-refractivity contribution in [3.05, 3.63) is 28.8 Å². The van der Waals surface area contributed by atoms with Gasteiger partial charge in [0.25, 0.3) is 0 Å². The highest BCUT2D eigenvalue weighted by atomic mass is 79.9. The Hall–Kier alpha value is -1.63. The van der Waals surface area contributed by atoms with Crippen molar-refractivity contribution >= 4 is 27.6 Å². The molecule has 0 aliphatic carbocycles. The number of aromatic nitrogens is 4. The van der Waals surface area contributed by atoms with Crippen molar-refractivity contribution in [1.29, 1.82) is 0 Å². The summed E-state index contributed by atoms with van der Waals surface area (Å²) in [5.74, 6) is 1.12. The first kappa shape index (κ1) is 11.8. The van der Waals surface area contributed by atoms with Gasteiger partial charge in [-0.2, -0.15) is 5.10 Å². The third-order valence-corrected chi connectivity index (χ3v) is 2.99. The lowest BCUT2D eigenvalue weighted by atomic mass is 10.4. The fourth-order valence-corrected chi connectivity index (χ4v) is 1.73. The fraction of sp³-hybridized carbons (Fsp3) is 0.300. The fourth-order valence-electron chi connectivity index (χ4n) is 1.38. The van der Waals surface area contributed by atoms with Gasteiger partial charge in [0.2, 0.25) is 0 Å². The van der Waals surface area contributed by atoms with E-state index >= 15 is 0 Å². The summed E-state index contributed by atoms with van der Waals surface area (Å²) in [6.45, 7) is 3.50. The predicted molar refractivity (Wildman–Crippen MR) is 69.6 cm³/mol. The van der Waals surface area contributed by atoms with E-state index in [1.807, 2.05) is 24.0 Å². The van der Waals surface area contributed by atoms with Crippen LogP contribution in [0.5, 0.6) is 0 Å². The molecule has 0 fully saturated rings. The Balaban J connectivity index is 1.92. The van der Waals surface area contributed by atoms with E-state index < -0.39 is 0 Å². The quantitative estimate of drug-likeness (QED) is 0.892. The molecule has 2 heterocycles. The molecule has 2 aromatic heterocycles. The summed E-state index contributed by atoms with van der Waals surface area (Å²) < 4.78 is 2.57. The highest BCUT2D eigenvalue weighted by molar-refractivity contribution is 9.10. The number of anilines is 2. The van der Waals surface area contributed by atoms with Gasteiger partial charge in [0.1, 0.15) is 22.4 Å². The molecule has 2 rings (SSSR count). The van der Waals surface area contributed by atoms with Gasteiger partial charge in [-0.15, -0.1) is 0 Å². The van der Waals surface area contributed by atoms with Gasteiger partial charge in [0.15, 0.2) is 0 Å². The van der Waals surface area contributed by atoms with Crippen LogP contribution in [-0.4, -0.2) is 26.3 Å². The zero-order valence-corrected chi connectivity index (χ0v) is 11.0. The van der Waals surface area contributed by atoms with Crippen molar-refractivity contribution in [2.75, 3.05) is 17.6 Å². The van der Waals surface area contributed by atoms with Crippen molar-refractivity contribution in [2.24, 2.45) is 0 Å². The molecule has 0 saturated carbocycles. The van der Waals surface area contributed by atoms with Crippen molar-refractivity contribution < 1.29 is 0 Å². The Morgan fingerprint density at radius 2 is 2.29 bits per heavy atom. The molecule has 0 spiro atoms. The number of nitrogen functional groups attached to an aromatic ring is 1. The summed E-state index contributed by atoms with van der Waals surface area (Å²) in [4.78, 5) is 7.97. The minimum atomic E-state index is 0.428. The SMILES string of the molecule is Cc1cnn(CCNc2ncnc(N)c2Br)c1. The van der Waals surface area contributed by atoms with Crippen LogP contribution in [-0.2, 0) is 6.54 Å². The molecule has 0 saturated heterocycles. The van der Waals surface area contributed by atoms with Crippen LogP contribution in [0.4, 0.5) is 11.6 Å². The number of hydrogen-bond donors (Lipinski definition) is 2. The van der Waals surface area contributed by atoms with Gasteiger partial charge in [-0.25, -0.2) is 9.97 Å². The maximum absolute atomic E-state index is 5.65. The van der Waals surface area contributed by atoms with Crippen LogP contribution >= 0.6 is 15.9 Å². The van der Waals surface area contributed by atoms with Gasteiger partial charge in [-0.05, 0) is 28.4 Å². The summed E-state index contributed by atoms with van der Waals surface area (Å²) in [7, 11) is 0. The summed E-state index contributed by atoms with van der Waals surface area (Å²) >= 11 is 3.34. The Kier molecular flexibility index (Phi) is 3.58. The molecule has 3 N–H and O–H groups in total. The van der Waals surface area contributed by atoms with E-state index in [2.05, 4.69) is 36.3 Å². The highest BCUT2D eigenvalue weighted by Gasteiger charge is 2.04. The molecule has 0 atom stereocenters. The molecule has 0 unspecified atom stereocenters. The largest absolute Gasteiger partial charge is 0.383 e. The normalized spacial score (nSPS) is 10.5. The predicted octanol–water partition coefficient (Wildman–Crippen LogP) is 1.44. The molecule has 0 radical (unpaired) electrons. The molecule has 0 aliphatic heterocycles. The lowest BCUT2D eigenvalue weighted by molar-refractivity contribution is 0.636. The first-order chi connectivity index (χ1) is 8.16. The molecule has 0 bridgehead atoms. The summed E-state index contributed by atoms with van der Waals surface area (Å²) in [5, 5.41) is 7.37. The first-order valence-corrected chi connectivity index (χ1v) is 5.95. The lowest BCUT2D eigenvalue weighted by Crippen LogP contribution is -2.12. The van der Waals surface area contributed by atoms with Crippen molar-refractivity contribution in [3.8, 4) is 0 Å². The number of nitrogens with zero attached hydrogens (tertiary/aromatic N) is 4. The van der Waals surface area contributed by atoms with E-state index in [4.69, 9.17) is 5.73 Å². The van der Waals surface area contributed by atoms with Gasteiger partial charge in [0, 0.05) is 12.7 Å². The second kappa shape index (κ2) is 5.13. The van der Waals surface area contributed by atoms with Crippen LogP contribution in [0.3, 0.4) is 0 Å². The van der Waals surface area contributed by atoms with Crippen molar-refractivity contribution in [2.45, 2.75) is 13.5 Å². The second-order valence-electron chi connectivity index (χ2n) is 3.63. The third-order valence-electron chi connectivity index (χ3n) is 2.21. The number of nitrogens with one attached hydrogen (secondary N) is 1. The summed E-state index contributed by atoms with van der Waals surface area (Å²) in [5.41, 5.74) is 6.80. The Morgan fingerprint density at radius 3 is 3.00 bits per heavy atom. The Labute approximate surface area is 107 Å². The van der Waals surface area contributed by atoms with Crippen LogP contribution in [0.1, 0.15) is 5.56 Å². The van der Waals surface area contributed by atoms with Crippen molar-refractivity contribution in [1.82, 2.24) is 19.7 Å². The molecular weight excluding hydrogens is 284 g/mol. The second-order valence-corrected chi connectivity index (χ2v) is 4.42. The molecular formula is C10H13BrN6. The number of aryl methyl sites for hydroxylation is 1. The Bertz CT molecular complexity index is 509. The van der Waals surface area contributed by atoms with Crippen LogP contribution in [0.15, 0.2) is 23.2 Å². The van der Waals surface area contributed by atoms with E-state index in [0.29, 0.717) is 16.1 Å². The van der Waals surface area contributed by atoms with E-state index in [1.54, 1.807) is 0 Å². The van der Waals surface area contributed by atoms with Gasteiger partial charge in [-0.3, -0.25) is 4.68 Å². The zero-order valence-electron chi connectivity index (χ0n) is 9.39. The van der Waals surface area contributed by atoms with Crippen LogP contribution in [0.2, 0.25) is 0 Å². The molecule has 7 heteroatoms. The zero-order chi connectivity index (χ0) is 12.3. The molecule has 0 aliphatic rings. The molecule has 0 amide bonds. The van der Waals surface area contributed by atoms with E-state index in [-0.39, 0.29) is 0 Å². The molecule has 6 nitrogen and oxygen atoms in total. The van der Waals surface area contributed by atoms with Gasteiger partial charge in [-0.1, -0.05) is 0 Å². The molecule has 90 valence electrons. The maximum atomic E-state index is 5.65. The average Bonchev–Trinajstić information content (AvgIpc) is 2.70. The minimum absolute atomic E-state index is 0.428. The smallest absolute Gasteiger partial charge is 0.146 e. The first-order valence-electron chi connectivity index (χ1n) is 5.15. The molecule has 2 aromatic rings. The van der Waals surface area contributed by atoms with Gasteiger partial charge >= 0.3 is 0 Å². The number of hydrogen-bond acceptors (Lipinski definition) is 5. The van der Waals surface area contributed by atoms with Crippen LogP contribution in [0, 0.1) is 6.92 Å². The van der Waals surface area contributed by atoms with E-state index in [0.717, 1.165) is 18.7 Å².